The molecule has 38 heavy (non-hydrogen) atoms. The van der Waals surface area contributed by atoms with Crippen molar-refractivity contribution in [1.29, 1.82) is 0 Å². The number of nitrogens with one attached hydrogen (secondary N) is 2. The van der Waals surface area contributed by atoms with Crippen molar-refractivity contribution in [3.05, 3.63) is 102 Å². The standard InChI is InChI=1S/C25H22ClN5O5S2/c1-18-8-9-19(26)16-23(18)31(38(35,36)22-6-3-2-4-7-22)17-24(32)29-20-10-12-21(13-11-20)37(33,34)30-25-27-14-5-15-28-25/h2-16H,17H2,1H3,(H,29,32)(H,27,28,30). The van der Waals surface area contributed by atoms with Crippen molar-refractivity contribution in [2.45, 2.75) is 16.7 Å². The van der Waals surface area contributed by atoms with Gasteiger partial charge in [0.05, 0.1) is 15.5 Å². The third-order valence-electron chi connectivity index (χ3n) is 5.30. The Labute approximate surface area is 225 Å². The van der Waals surface area contributed by atoms with Crippen molar-refractivity contribution in [3.8, 4) is 0 Å². The van der Waals surface area contributed by atoms with Crippen LogP contribution in [-0.2, 0) is 24.8 Å². The van der Waals surface area contributed by atoms with E-state index in [-0.39, 0.29) is 27.1 Å². The number of carbonyl (C=O) groups is 1. The highest BCUT2D eigenvalue weighted by molar-refractivity contribution is 7.93. The van der Waals surface area contributed by atoms with Crippen LogP contribution in [0.2, 0.25) is 5.02 Å². The Morgan fingerprint density at radius 2 is 1.53 bits per heavy atom. The molecular formula is C25H22ClN5O5S2. The predicted octanol–water partition coefficient (Wildman–Crippen LogP) is 4.07. The van der Waals surface area contributed by atoms with Gasteiger partial charge in [-0.1, -0.05) is 35.9 Å². The van der Waals surface area contributed by atoms with E-state index < -0.39 is 32.5 Å². The third kappa shape index (κ3) is 6.28. The van der Waals surface area contributed by atoms with Crippen LogP contribution in [0.5, 0.6) is 0 Å². The van der Waals surface area contributed by atoms with E-state index in [0.29, 0.717) is 10.6 Å². The predicted molar refractivity (Wildman–Crippen MR) is 145 cm³/mol. The van der Waals surface area contributed by atoms with Gasteiger partial charge in [0, 0.05) is 23.1 Å². The lowest BCUT2D eigenvalue weighted by molar-refractivity contribution is -0.114. The molecule has 4 aromatic rings. The zero-order valence-electron chi connectivity index (χ0n) is 19.9. The van der Waals surface area contributed by atoms with Gasteiger partial charge in [0.15, 0.2) is 0 Å². The van der Waals surface area contributed by atoms with Crippen LogP contribution in [0.25, 0.3) is 0 Å². The lowest BCUT2D eigenvalue weighted by Gasteiger charge is -2.26. The van der Waals surface area contributed by atoms with Gasteiger partial charge in [-0.3, -0.25) is 9.10 Å². The third-order valence-corrected chi connectivity index (χ3v) is 8.65. The first-order valence-corrected chi connectivity index (χ1v) is 14.4. The van der Waals surface area contributed by atoms with Gasteiger partial charge in [-0.25, -0.2) is 31.5 Å². The number of halogens is 1. The van der Waals surface area contributed by atoms with Crippen LogP contribution in [-0.4, -0.2) is 39.3 Å². The van der Waals surface area contributed by atoms with E-state index >= 15 is 0 Å². The van der Waals surface area contributed by atoms with E-state index in [9.17, 15) is 21.6 Å². The second kappa shape index (κ2) is 11.2. The molecule has 2 N–H and O–H groups in total. The number of rotatable bonds is 9. The molecule has 4 rings (SSSR count). The van der Waals surface area contributed by atoms with Crippen molar-refractivity contribution in [2.24, 2.45) is 0 Å². The SMILES string of the molecule is Cc1ccc(Cl)cc1N(CC(=O)Nc1ccc(S(=O)(=O)Nc2ncccn2)cc1)S(=O)(=O)c1ccccc1. The number of hydrogen-bond donors (Lipinski definition) is 2. The Hall–Kier alpha value is -4.00. The lowest BCUT2D eigenvalue weighted by atomic mass is 10.2. The molecule has 0 aliphatic heterocycles. The van der Waals surface area contributed by atoms with Crippen LogP contribution >= 0.6 is 11.6 Å². The number of anilines is 3. The van der Waals surface area contributed by atoms with E-state index in [4.69, 9.17) is 11.6 Å². The molecule has 0 saturated carbocycles. The summed E-state index contributed by atoms with van der Waals surface area (Å²) >= 11 is 6.14. The quantitative estimate of drug-likeness (QED) is 0.309. The molecule has 10 nitrogen and oxygen atoms in total. The first-order chi connectivity index (χ1) is 18.1. The molecule has 3 aromatic carbocycles. The van der Waals surface area contributed by atoms with Crippen molar-refractivity contribution in [1.82, 2.24) is 9.97 Å². The lowest BCUT2D eigenvalue weighted by Crippen LogP contribution is -2.38. The van der Waals surface area contributed by atoms with E-state index in [2.05, 4.69) is 20.0 Å². The molecular weight excluding hydrogens is 550 g/mol. The fraction of sp³-hybridized carbons (Fsp3) is 0.0800. The molecule has 1 aromatic heterocycles. The number of benzene rings is 3. The minimum Gasteiger partial charge on any atom is -0.325 e. The Bertz CT molecular complexity index is 1650. The summed E-state index contributed by atoms with van der Waals surface area (Å²) in [7, 11) is -8.08. The van der Waals surface area contributed by atoms with Gasteiger partial charge in [-0.05, 0) is 67.1 Å². The maximum Gasteiger partial charge on any atom is 0.264 e. The second-order valence-electron chi connectivity index (χ2n) is 8.01. The monoisotopic (exact) mass is 571 g/mol. The molecule has 0 bridgehead atoms. The second-order valence-corrected chi connectivity index (χ2v) is 12.0. The summed E-state index contributed by atoms with van der Waals surface area (Å²) in [5.41, 5.74) is 1.13. The average molecular weight is 572 g/mol. The molecule has 0 fully saturated rings. The molecule has 0 aliphatic carbocycles. The van der Waals surface area contributed by atoms with Gasteiger partial charge >= 0.3 is 0 Å². The molecule has 196 valence electrons. The van der Waals surface area contributed by atoms with Crippen LogP contribution in [0.3, 0.4) is 0 Å². The van der Waals surface area contributed by atoms with Crippen LogP contribution in [0.4, 0.5) is 17.3 Å². The fourth-order valence-corrected chi connectivity index (χ4v) is 6.07. The summed E-state index contributed by atoms with van der Waals surface area (Å²) in [6.07, 6.45) is 2.80. The average Bonchev–Trinajstić information content (AvgIpc) is 2.90. The Morgan fingerprint density at radius 1 is 0.868 bits per heavy atom. The van der Waals surface area contributed by atoms with E-state index in [0.717, 1.165) is 4.31 Å². The van der Waals surface area contributed by atoms with Crippen molar-refractivity contribution in [2.75, 3.05) is 20.9 Å². The number of nitrogens with zero attached hydrogens (tertiary/aromatic N) is 3. The highest BCUT2D eigenvalue weighted by Crippen LogP contribution is 2.29. The van der Waals surface area contributed by atoms with Crippen molar-refractivity contribution >= 4 is 54.9 Å². The maximum atomic E-state index is 13.5. The summed E-state index contributed by atoms with van der Waals surface area (Å²) in [6, 6.07) is 19.4. The summed E-state index contributed by atoms with van der Waals surface area (Å²) in [5.74, 6) is -0.726. The van der Waals surface area contributed by atoms with Crippen molar-refractivity contribution < 1.29 is 21.6 Å². The smallest absolute Gasteiger partial charge is 0.264 e. The summed E-state index contributed by atoms with van der Waals surface area (Å²) in [5, 5.41) is 2.92. The van der Waals surface area contributed by atoms with Gasteiger partial charge in [0.1, 0.15) is 6.54 Å². The number of amides is 1. The number of carbonyl (C=O) groups excluding carboxylic acids is 1. The molecule has 0 radical (unpaired) electrons. The van der Waals surface area contributed by atoms with Crippen LogP contribution in [0.15, 0.2) is 101 Å². The number of aromatic nitrogens is 2. The Morgan fingerprint density at radius 3 is 2.18 bits per heavy atom. The maximum absolute atomic E-state index is 13.5. The van der Waals surface area contributed by atoms with E-state index in [1.165, 1.54) is 54.9 Å². The van der Waals surface area contributed by atoms with Crippen LogP contribution < -0.4 is 14.3 Å². The van der Waals surface area contributed by atoms with Gasteiger partial charge in [-0.15, -0.1) is 0 Å². The zero-order valence-corrected chi connectivity index (χ0v) is 22.3. The highest BCUT2D eigenvalue weighted by Gasteiger charge is 2.28. The van der Waals surface area contributed by atoms with E-state index in [1.54, 1.807) is 43.3 Å². The van der Waals surface area contributed by atoms with Gasteiger partial charge in [-0.2, -0.15) is 0 Å². The fourth-order valence-electron chi connectivity index (χ4n) is 3.45. The first kappa shape index (κ1) is 27.0. The summed E-state index contributed by atoms with van der Waals surface area (Å²) in [6.45, 7) is 1.16. The normalized spacial score (nSPS) is 11.5. The number of sulfonamides is 2. The van der Waals surface area contributed by atoms with Gasteiger partial charge < -0.3 is 5.32 Å². The molecule has 1 amide bonds. The molecule has 13 heteroatoms. The Balaban J connectivity index is 1.56. The van der Waals surface area contributed by atoms with Crippen molar-refractivity contribution in [3.63, 3.8) is 0 Å². The largest absolute Gasteiger partial charge is 0.325 e. The van der Waals surface area contributed by atoms with Gasteiger partial charge in [0.2, 0.25) is 11.9 Å². The Kier molecular flexibility index (Phi) is 7.95. The summed E-state index contributed by atoms with van der Waals surface area (Å²) < 4.78 is 55.4. The molecule has 1 heterocycles. The van der Waals surface area contributed by atoms with E-state index in [1.807, 2.05) is 0 Å². The summed E-state index contributed by atoms with van der Waals surface area (Å²) in [4.78, 5) is 20.6. The molecule has 0 atom stereocenters. The van der Waals surface area contributed by atoms with Crippen LogP contribution in [0.1, 0.15) is 5.56 Å². The molecule has 0 unspecified atom stereocenters. The molecule has 0 spiro atoms. The highest BCUT2D eigenvalue weighted by atomic mass is 35.5. The van der Waals surface area contributed by atoms with Gasteiger partial charge in [0.25, 0.3) is 20.0 Å². The zero-order chi connectivity index (χ0) is 27.3. The minimum atomic E-state index is -4.12. The number of hydrogen-bond acceptors (Lipinski definition) is 7. The molecule has 0 aliphatic rings. The first-order valence-electron chi connectivity index (χ1n) is 11.1. The van der Waals surface area contributed by atoms with Crippen LogP contribution in [0, 0.1) is 6.92 Å². The molecule has 0 saturated heterocycles. The topological polar surface area (TPSA) is 138 Å². The number of aryl methyl sites for hydroxylation is 1. The minimum absolute atomic E-state index is 0.0108.